The summed E-state index contributed by atoms with van der Waals surface area (Å²) in [6.07, 6.45) is 1.49. The van der Waals surface area contributed by atoms with Gasteiger partial charge in [-0.2, -0.15) is 0 Å². The van der Waals surface area contributed by atoms with Crippen molar-refractivity contribution in [3.63, 3.8) is 0 Å². The number of anilines is 1. The molecule has 0 bridgehead atoms. The van der Waals surface area contributed by atoms with E-state index >= 15 is 0 Å². The van der Waals surface area contributed by atoms with E-state index < -0.39 is 46.7 Å². The molecule has 178 valence electrons. The van der Waals surface area contributed by atoms with Crippen molar-refractivity contribution in [3.8, 4) is 5.75 Å². The van der Waals surface area contributed by atoms with Crippen LogP contribution in [0.25, 0.3) is 6.08 Å². The number of imide groups is 1. The predicted molar refractivity (Wildman–Crippen MR) is 125 cm³/mol. The van der Waals surface area contributed by atoms with Crippen molar-refractivity contribution in [2.24, 2.45) is 0 Å². The van der Waals surface area contributed by atoms with Crippen LogP contribution in [0.4, 0.5) is 23.7 Å². The van der Waals surface area contributed by atoms with Crippen LogP contribution in [-0.4, -0.2) is 28.5 Å². The molecule has 10 heteroatoms. The fourth-order valence-electron chi connectivity index (χ4n) is 3.18. The van der Waals surface area contributed by atoms with Crippen LogP contribution in [0.2, 0.25) is 0 Å². The Hall–Kier alpha value is -4.05. The van der Waals surface area contributed by atoms with Crippen molar-refractivity contribution in [2.75, 3.05) is 11.9 Å². The lowest BCUT2D eigenvalue weighted by atomic mass is 10.2. The molecule has 0 aliphatic carbocycles. The van der Waals surface area contributed by atoms with Gasteiger partial charge >= 0.3 is 0 Å². The highest BCUT2D eigenvalue weighted by Gasteiger charge is 2.36. The Labute approximate surface area is 202 Å². The summed E-state index contributed by atoms with van der Waals surface area (Å²) < 4.78 is 46.0. The number of amides is 3. The fourth-order valence-corrected chi connectivity index (χ4v) is 4.02. The lowest BCUT2D eigenvalue weighted by Crippen LogP contribution is -2.36. The number of rotatable bonds is 7. The number of halogens is 3. The van der Waals surface area contributed by atoms with Crippen LogP contribution in [0.1, 0.15) is 11.1 Å². The Morgan fingerprint density at radius 3 is 2.51 bits per heavy atom. The highest BCUT2D eigenvalue weighted by molar-refractivity contribution is 8.18. The topological polar surface area (TPSA) is 75.7 Å². The third-order valence-electron chi connectivity index (χ3n) is 4.89. The number of carbonyl (C=O) groups excluding carboxylic acids is 3. The smallest absolute Gasteiger partial charge is 0.294 e. The average Bonchev–Trinajstić information content (AvgIpc) is 3.11. The van der Waals surface area contributed by atoms with Crippen molar-refractivity contribution >= 4 is 40.6 Å². The zero-order chi connectivity index (χ0) is 24.9. The molecule has 1 aliphatic rings. The monoisotopic (exact) mass is 498 g/mol. The van der Waals surface area contributed by atoms with Gasteiger partial charge in [-0.3, -0.25) is 19.3 Å². The van der Waals surface area contributed by atoms with E-state index in [-0.39, 0.29) is 4.91 Å². The van der Waals surface area contributed by atoms with Gasteiger partial charge in [-0.05, 0) is 53.2 Å². The van der Waals surface area contributed by atoms with Gasteiger partial charge in [0.05, 0.1) is 10.6 Å². The number of nitrogens with zero attached hydrogens (tertiary/aromatic N) is 1. The summed E-state index contributed by atoms with van der Waals surface area (Å²) >= 11 is 0.643. The van der Waals surface area contributed by atoms with E-state index in [1.54, 1.807) is 24.3 Å². The summed E-state index contributed by atoms with van der Waals surface area (Å²) in [6, 6.07) is 18.0. The molecular weight excluding hydrogens is 481 g/mol. The van der Waals surface area contributed by atoms with E-state index in [1.165, 1.54) is 6.08 Å². The molecule has 6 nitrogen and oxygen atoms in total. The Kier molecular flexibility index (Phi) is 7.21. The van der Waals surface area contributed by atoms with Crippen molar-refractivity contribution in [1.82, 2.24) is 4.90 Å². The fraction of sp³-hybridized carbons (Fsp3) is 0.0800. The molecule has 1 fully saturated rings. The maximum atomic E-state index is 13.8. The van der Waals surface area contributed by atoms with Crippen LogP contribution in [0.5, 0.6) is 5.75 Å². The Morgan fingerprint density at radius 1 is 0.971 bits per heavy atom. The van der Waals surface area contributed by atoms with Crippen LogP contribution in [-0.2, 0) is 16.2 Å². The second-order valence-corrected chi connectivity index (χ2v) is 8.38. The van der Waals surface area contributed by atoms with E-state index in [4.69, 9.17) is 4.74 Å². The van der Waals surface area contributed by atoms with Crippen LogP contribution in [0.15, 0.2) is 71.6 Å². The van der Waals surface area contributed by atoms with Crippen molar-refractivity contribution in [2.45, 2.75) is 6.61 Å². The van der Waals surface area contributed by atoms with Crippen LogP contribution < -0.4 is 10.1 Å². The quantitative estimate of drug-likeness (QED) is 0.351. The Morgan fingerprint density at radius 2 is 1.74 bits per heavy atom. The first-order valence-electron chi connectivity index (χ1n) is 10.3. The zero-order valence-electron chi connectivity index (χ0n) is 18.0. The van der Waals surface area contributed by atoms with Gasteiger partial charge in [-0.1, -0.05) is 42.5 Å². The van der Waals surface area contributed by atoms with Crippen molar-refractivity contribution in [1.29, 1.82) is 0 Å². The van der Waals surface area contributed by atoms with Gasteiger partial charge in [0, 0.05) is 0 Å². The standard InChI is InChI=1S/C25H17F3N2O4S/c26-18-9-10-19(23(28)22(18)27)29-21(31)13-30-24(32)20(35-25(30)33)12-16-7-4-8-17(11-16)34-14-15-5-2-1-3-6-15/h1-12H,13-14H2,(H,29,31)/b20-12+. The van der Waals surface area contributed by atoms with Gasteiger partial charge in [-0.15, -0.1) is 0 Å². The maximum absolute atomic E-state index is 13.8. The molecular formula is C25H17F3N2O4S. The first-order valence-corrected chi connectivity index (χ1v) is 11.1. The van der Waals surface area contributed by atoms with E-state index in [1.807, 2.05) is 35.6 Å². The number of ether oxygens (including phenoxy) is 1. The minimum Gasteiger partial charge on any atom is -0.489 e. The highest BCUT2D eigenvalue weighted by Crippen LogP contribution is 2.32. The number of nitrogens with one attached hydrogen (secondary N) is 1. The predicted octanol–water partition coefficient (Wildman–Crippen LogP) is 5.36. The van der Waals surface area contributed by atoms with Gasteiger partial charge in [0.15, 0.2) is 17.5 Å². The van der Waals surface area contributed by atoms with Crippen LogP contribution in [0, 0.1) is 17.5 Å². The molecule has 0 atom stereocenters. The van der Waals surface area contributed by atoms with Gasteiger partial charge in [0.25, 0.3) is 11.1 Å². The molecule has 0 aromatic heterocycles. The average molecular weight is 498 g/mol. The molecule has 35 heavy (non-hydrogen) atoms. The second-order valence-electron chi connectivity index (χ2n) is 7.39. The van der Waals surface area contributed by atoms with Gasteiger partial charge in [0.1, 0.15) is 18.9 Å². The van der Waals surface area contributed by atoms with E-state index in [9.17, 15) is 27.6 Å². The molecule has 1 aliphatic heterocycles. The Bertz CT molecular complexity index is 1330. The molecule has 0 saturated carbocycles. The lowest BCUT2D eigenvalue weighted by molar-refractivity contribution is -0.127. The lowest BCUT2D eigenvalue weighted by Gasteiger charge is -2.13. The maximum Gasteiger partial charge on any atom is 0.294 e. The molecule has 0 unspecified atom stereocenters. The van der Waals surface area contributed by atoms with Gasteiger partial charge < -0.3 is 10.1 Å². The first-order chi connectivity index (χ1) is 16.8. The summed E-state index contributed by atoms with van der Waals surface area (Å²) in [5.74, 6) is -5.83. The minimum absolute atomic E-state index is 0.0852. The second kappa shape index (κ2) is 10.5. The van der Waals surface area contributed by atoms with Crippen LogP contribution in [0.3, 0.4) is 0 Å². The molecule has 0 spiro atoms. The summed E-state index contributed by atoms with van der Waals surface area (Å²) in [6.45, 7) is -0.366. The zero-order valence-corrected chi connectivity index (χ0v) is 18.8. The number of benzene rings is 3. The summed E-state index contributed by atoms with van der Waals surface area (Å²) in [7, 11) is 0. The van der Waals surface area contributed by atoms with Crippen LogP contribution >= 0.6 is 11.8 Å². The van der Waals surface area contributed by atoms with Gasteiger partial charge in [-0.25, -0.2) is 13.2 Å². The Balaban J connectivity index is 1.41. The highest BCUT2D eigenvalue weighted by atomic mass is 32.2. The van der Waals surface area contributed by atoms with E-state index in [2.05, 4.69) is 0 Å². The summed E-state index contributed by atoms with van der Waals surface area (Å²) in [5.41, 5.74) is 0.985. The van der Waals surface area contributed by atoms with E-state index in [0.717, 1.165) is 11.6 Å². The molecule has 3 amide bonds. The van der Waals surface area contributed by atoms with Crippen molar-refractivity contribution in [3.05, 3.63) is 100 Å². The summed E-state index contributed by atoms with van der Waals surface area (Å²) in [4.78, 5) is 38.0. The minimum atomic E-state index is -1.74. The summed E-state index contributed by atoms with van der Waals surface area (Å²) in [5, 5.41) is 1.34. The molecule has 4 rings (SSSR count). The molecule has 3 aromatic rings. The van der Waals surface area contributed by atoms with Gasteiger partial charge in [0.2, 0.25) is 5.91 Å². The normalized spacial score (nSPS) is 14.5. The van der Waals surface area contributed by atoms with Crippen molar-refractivity contribution < 1.29 is 32.3 Å². The third kappa shape index (κ3) is 5.72. The SMILES string of the molecule is O=C(CN1C(=O)S/C(=C/c2cccc(OCc3ccccc3)c2)C1=O)Nc1ccc(F)c(F)c1F. The molecule has 3 aromatic carbocycles. The van der Waals surface area contributed by atoms with E-state index in [0.29, 0.717) is 40.6 Å². The molecule has 0 radical (unpaired) electrons. The third-order valence-corrected chi connectivity index (χ3v) is 5.80. The molecule has 1 heterocycles. The molecule has 1 saturated heterocycles. The number of hydrogen-bond donors (Lipinski definition) is 1. The first kappa shape index (κ1) is 24.1. The molecule has 1 N–H and O–H groups in total. The number of hydrogen-bond acceptors (Lipinski definition) is 5. The largest absolute Gasteiger partial charge is 0.489 e. The number of carbonyl (C=O) groups is 3. The number of thioether (sulfide) groups is 1.